The van der Waals surface area contributed by atoms with E-state index in [1.54, 1.807) is 6.07 Å². The second-order valence-corrected chi connectivity index (χ2v) is 12.8. The molecule has 0 aliphatic rings. The van der Waals surface area contributed by atoms with E-state index in [1.807, 2.05) is 39.1 Å². The lowest BCUT2D eigenvalue weighted by atomic mass is 9.86. The first-order valence-electron chi connectivity index (χ1n) is 13.5. The van der Waals surface area contributed by atoms with Crippen molar-refractivity contribution >= 4 is 21.9 Å². The van der Waals surface area contributed by atoms with Gasteiger partial charge in [-0.25, -0.2) is 22.9 Å². The largest absolute Gasteiger partial charge is 0.478 e. The molecule has 3 N–H and O–H groups in total. The van der Waals surface area contributed by atoms with Crippen molar-refractivity contribution in [1.82, 2.24) is 15.3 Å². The third-order valence-electron chi connectivity index (χ3n) is 6.98. The molecule has 4 rings (SSSR count). The molecule has 1 unspecified atom stereocenters. The summed E-state index contributed by atoms with van der Waals surface area (Å²) in [4.78, 5) is 20.1. The fourth-order valence-corrected chi connectivity index (χ4v) is 5.59. The minimum atomic E-state index is -4.21. The van der Waals surface area contributed by atoms with Gasteiger partial charge < -0.3 is 15.2 Å². The van der Waals surface area contributed by atoms with Crippen LogP contribution >= 0.6 is 0 Å². The summed E-state index contributed by atoms with van der Waals surface area (Å²) in [5.41, 5.74) is 5.37. The standard InChI is InChI=1S/C32H36N4O5S/c1-20-9-7-10-21(2)29(20)26-18-28(41-19-27(33-6)22-13-15-24(16-14-22)32(3,4)5)35-31(34-26)36-42(39,40)25-12-8-11-23(17-25)30(37)38/h7-18,27,33H,19H2,1-6H3,(H,37,38)(H,34,35,36). The summed E-state index contributed by atoms with van der Waals surface area (Å²) in [5.74, 6) is -1.24. The van der Waals surface area contributed by atoms with Crippen LogP contribution in [0.5, 0.6) is 5.88 Å². The quantitative estimate of drug-likeness (QED) is 0.209. The topological polar surface area (TPSA) is 131 Å². The van der Waals surface area contributed by atoms with E-state index >= 15 is 0 Å². The van der Waals surface area contributed by atoms with E-state index in [2.05, 4.69) is 65.0 Å². The van der Waals surface area contributed by atoms with Gasteiger partial charge in [-0.1, -0.05) is 69.3 Å². The fourth-order valence-electron chi connectivity index (χ4n) is 4.60. The van der Waals surface area contributed by atoms with Crippen LogP contribution in [0.4, 0.5) is 5.95 Å². The summed E-state index contributed by atoms with van der Waals surface area (Å²) in [6, 6.07) is 20.8. The van der Waals surface area contributed by atoms with Gasteiger partial charge in [-0.2, -0.15) is 4.98 Å². The van der Waals surface area contributed by atoms with Crippen LogP contribution in [-0.4, -0.2) is 43.1 Å². The predicted molar refractivity (Wildman–Crippen MR) is 164 cm³/mol. The van der Waals surface area contributed by atoms with Crippen molar-refractivity contribution in [2.45, 2.75) is 51.0 Å². The Morgan fingerprint density at radius 3 is 2.19 bits per heavy atom. The van der Waals surface area contributed by atoms with Gasteiger partial charge in [0.05, 0.1) is 22.2 Å². The number of ether oxygens (including phenoxy) is 1. The number of aromatic carboxylic acids is 1. The van der Waals surface area contributed by atoms with Crippen LogP contribution in [0.25, 0.3) is 11.3 Å². The lowest BCUT2D eigenvalue weighted by molar-refractivity contribution is 0.0696. The van der Waals surface area contributed by atoms with Gasteiger partial charge in [0, 0.05) is 11.6 Å². The number of anilines is 1. The van der Waals surface area contributed by atoms with Crippen molar-refractivity contribution < 1.29 is 23.1 Å². The number of aryl methyl sites for hydroxylation is 2. The molecule has 1 atom stereocenters. The second-order valence-electron chi connectivity index (χ2n) is 11.1. The van der Waals surface area contributed by atoms with Crippen molar-refractivity contribution in [3.63, 3.8) is 0 Å². The van der Waals surface area contributed by atoms with Crippen molar-refractivity contribution in [2.75, 3.05) is 18.4 Å². The molecule has 3 aromatic carbocycles. The first-order chi connectivity index (χ1) is 19.8. The summed E-state index contributed by atoms with van der Waals surface area (Å²) in [5, 5.41) is 12.6. The number of hydrogen-bond donors (Lipinski definition) is 3. The molecule has 1 heterocycles. The monoisotopic (exact) mass is 588 g/mol. The van der Waals surface area contributed by atoms with E-state index < -0.39 is 16.0 Å². The molecular formula is C32H36N4O5S. The molecule has 0 amide bonds. The van der Waals surface area contributed by atoms with Crippen LogP contribution in [0.1, 0.15) is 59.4 Å². The highest BCUT2D eigenvalue weighted by molar-refractivity contribution is 7.92. The van der Waals surface area contributed by atoms with E-state index in [0.717, 1.165) is 28.3 Å². The van der Waals surface area contributed by atoms with Gasteiger partial charge in [0.25, 0.3) is 10.0 Å². The maximum atomic E-state index is 13.2. The molecule has 0 saturated heterocycles. The van der Waals surface area contributed by atoms with Gasteiger partial charge >= 0.3 is 5.97 Å². The number of sulfonamides is 1. The Morgan fingerprint density at radius 1 is 0.952 bits per heavy atom. The van der Waals surface area contributed by atoms with Crippen LogP contribution in [-0.2, 0) is 15.4 Å². The number of carbonyl (C=O) groups is 1. The zero-order valence-corrected chi connectivity index (χ0v) is 25.4. The zero-order valence-electron chi connectivity index (χ0n) is 24.6. The Hall–Kier alpha value is -4.28. The normalized spacial score (nSPS) is 12.5. The maximum Gasteiger partial charge on any atom is 0.335 e. The molecule has 0 spiro atoms. The summed E-state index contributed by atoms with van der Waals surface area (Å²) in [7, 11) is -2.36. The molecule has 0 aliphatic heterocycles. The SMILES string of the molecule is CNC(COc1cc(-c2c(C)cccc2C)nc(NS(=O)(=O)c2cccc(C(=O)O)c2)n1)c1ccc(C(C)(C)C)cc1. The molecule has 4 aromatic rings. The Bertz CT molecular complexity index is 1680. The number of carboxylic acids is 1. The molecule has 0 aliphatic carbocycles. The molecule has 0 radical (unpaired) electrons. The van der Waals surface area contributed by atoms with Crippen molar-refractivity contribution in [1.29, 1.82) is 0 Å². The van der Waals surface area contributed by atoms with E-state index in [0.29, 0.717) is 5.69 Å². The number of benzene rings is 3. The smallest absolute Gasteiger partial charge is 0.335 e. The number of nitrogens with one attached hydrogen (secondary N) is 2. The Kier molecular flexibility index (Phi) is 8.98. The van der Waals surface area contributed by atoms with E-state index in [-0.39, 0.29) is 40.4 Å². The number of likely N-dealkylation sites (N-methyl/N-ethyl adjacent to an activating group) is 1. The summed E-state index contributed by atoms with van der Waals surface area (Å²) in [6.07, 6.45) is 0. The number of rotatable bonds is 10. The second kappa shape index (κ2) is 12.3. The highest BCUT2D eigenvalue weighted by Crippen LogP contribution is 2.30. The lowest BCUT2D eigenvalue weighted by Gasteiger charge is -2.22. The molecule has 9 nitrogen and oxygen atoms in total. The van der Waals surface area contributed by atoms with Gasteiger partial charge in [0.15, 0.2) is 0 Å². The van der Waals surface area contributed by atoms with Gasteiger partial charge in [-0.05, 0) is 66.8 Å². The molecule has 0 fully saturated rings. The highest BCUT2D eigenvalue weighted by atomic mass is 32.2. The van der Waals surface area contributed by atoms with Crippen LogP contribution in [0.2, 0.25) is 0 Å². The van der Waals surface area contributed by atoms with Crippen LogP contribution in [0, 0.1) is 13.8 Å². The van der Waals surface area contributed by atoms with Crippen molar-refractivity contribution in [2.24, 2.45) is 0 Å². The maximum absolute atomic E-state index is 13.2. The molecule has 220 valence electrons. The third-order valence-corrected chi connectivity index (χ3v) is 8.31. The van der Waals surface area contributed by atoms with Crippen LogP contribution in [0.3, 0.4) is 0 Å². The van der Waals surface area contributed by atoms with Gasteiger partial charge in [-0.15, -0.1) is 0 Å². The molecule has 10 heteroatoms. The average Bonchev–Trinajstić information content (AvgIpc) is 2.93. The first kappa shape index (κ1) is 30.7. The molecule has 0 bridgehead atoms. The highest BCUT2D eigenvalue weighted by Gasteiger charge is 2.21. The first-order valence-corrected chi connectivity index (χ1v) is 15.0. The summed E-state index contributed by atoms with van der Waals surface area (Å²) >= 11 is 0. The molecule has 42 heavy (non-hydrogen) atoms. The number of carboxylic acid groups (broad SMARTS) is 1. The third kappa shape index (κ3) is 7.13. The Balaban J connectivity index is 1.68. The minimum absolute atomic E-state index is 0.0356. The average molecular weight is 589 g/mol. The predicted octanol–water partition coefficient (Wildman–Crippen LogP) is 5.90. The van der Waals surface area contributed by atoms with Crippen molar-refractivity contribution in [3.8, 4) is 17.1 Å². The molecule has 0 saturated carbocycles. The summed E-state index contributed by atoms with van der Waals surface area (Å²) < 4.78 is 35.0. The Labute approximate surface area is 247 Å². The fraction of sp³-hybridized carbons (Fsp3) is 0.281. The van der Waals surface area contributed by atoms with Gasteiger partial charge in [-0.3, -0.25) is 0 Å². The minimum Gasteiger partial charge on any atom is -0.478 e. The van der Waals surface area contributed by atoms with Gasteiger partial charge in [0.1, 0.15) is 6.61 Å². The zero-order chi connectivity index (χ0) is 30.7. The van der Waals surface area contributed by atoms with E-state index in [9.17, 15) is 18.3 Å². The Morgan fingerprint density at radius 2 is 1.60 bits per heavy atom. The van der Waals surface area contributed by atoms with E-state index in [1.165, 1.54) is 23.8 Å². The molecule has 1 aromatic heterocycles. The van der Waals surface area contributed by atoms with Crippen LogP contribution < -0.4 is 14.8 Å². The van der Waals surface area contributed by atoms with Gasteiger partial charge in [0.2, 0.25) is 11.8 Å². The summed E-state index contributed by atoms with van der Waals surface area (Å²) in [6.45, 7) is 10.6. The van der Waals surface area contributed by atoms with E-state index in [4.69, 9.17) is 4.74 Å². The van der Waals surface area contributed by atoms with Crippen molar-refractivity contribution in [3.05, 3.63) is 101 Å². The number of hydrogen-bond acceptors (Lipinski definition) is 7. The number of nitrogens with zero attached hydrogens (tertiary/aromatic N) is 2. The van der Waals surface area contributed by atoms with Crippen LogP contribution in [0.15, 0.2) is 77.7 Å². The number of aromatic nitrogens is 2. The lowest BCUT2D eigenvalue weighted by Crippen LogP contribution is -2.24. The molecular weight excluding hydrogens is 552 g/mol.